The first-order valence-electron chi connectivity index (χ1n) is 8.82. The van der Waals surface area contributed by atoms with E-state index in [4.69, 9.17) is 18.3 Å². The number of nitrogens with one attached hydrogen (secondary N) is 1. The number of aromatic nitrogens is 2. The minimum atomic E-state index is -3.77. The SMILES string of the molecule is O=c1[nH]c(=O)n([C@H]2C[C@@H]3O[PH](O)(OC4CCCCC4)OC[C@H]3O2)cc1F. The molecule has 2 saturated heterocycles. The topological polar surface area (TPSA) is 112 Å². The monoisotopic (exact) mass is 392 g/mol. The fourth-order valence-corrected chi connectivity index (χ4v) is 5.54. The zero-order valence-corrected chi connectivity index (χ0v) is 15.1. The number of hydrogen-bond donors (Lipinski definition) is 2. The maximum absolute atomic E-state index is 13.5. The van der Waals surface area contributed by atoms with Crippen LogP contribution in [-0.2, 0) is 18.3 Å². The summed E-state index contributed by atoms with van der Waals surface area (Å²) in [6.07, 6.45) is 4.06. The molecule has 1 aliphatic carbocycles. The van der Waals surface area contributed by atoms with Gasteiger partial charge in [0.2, 0.25) is 0 Å². The molecule has 3 atom stereocenters. The fourth-order valence-electron chi connectivity index (χ4n) is 3.69. The standard InChI is InChI=1S/C15H22FN2O7P/c16-10-7-18(15(20)17-14(10)19)13-6-11-12(23-13)8-22-26(21,25-11)24-9-4-2-1-3-5-9/h7,9,11-13,21,26H,1-6,8H2,(H,17,19,20)/t11-,12+,13+/m0/s1. The van der Waals surface area contributed by atoms with Crippen molar-refractivity contribution in [3.05, 3.63) is 32.9 Å². The van der Waals surface area contributed by atoms with Crippen molar-refractivity contribution in [1.29, 1.82) is 0 Å². The van der Waals surface area contributed by atoms with Gasteiger partial charge in [0.25, 0.3) is 0 Å². The molecule has 4 rings (SSSR count). The van der Waals surface area contributed by atoms with Crippen LogP contribution in [0.5, 0.6) is 0 Å². The van der Waals surface area contributed by atoms with Crippen LogP contribution in [0.2, 0.25) is 0 Å². The van der Waals surface area contributed by atoms with E-state index in [1.54, 1.807) is 0 Å². The minimum absolute atomic E-state index is 0.0667. The Labute approximate surface area is 148 Å². The summed E-state index contributed by atoms with van der Waals surface area (Å²) in [4.78, 5) is 35.6. The average Bonchev–Trinajstić information content (AvgIpc) is 3.01. The van der Waals surface area contributed by atoms with Crippen LogP contribution in [0.3, 0.4) is 0 Å². The molecule has 0 amide bonds. The summed E-state index contributed by atoms with van der Waals surface area (Å²) in [7, 11) is -3.77. The number of aromatic amines is 1. The van der Waals surface area contributed by atoms with Crippen molar-refractivity contribution in [3.8, 4) is 0 Å². The molecule has 3 aliphatic rings. The molecule has 0 unspecified atom stereocenters. The van der Waals surface area contributed by atoms with E-state index in [-0.39, 0.29) is 19.1 Å². The Bertz CT molecular complexity index is 780. The first-order valence-corrected chi connectivity index (χ1v) is 10.5. The average molecular weight is 392 g/mol. The molecule has 3 heterocycles. The summed E-state index contributed by atoms with van der Waals surface area (Å²) in [5.74, 6) is -1.08. The third kappa shape index (κ3) is 3.62. The molecule has 1 saturated carbocycles. The summed E-state index contributed by atoms with van der Waals surface area (Å²) < 4.78 is 37.0. The Morgan fingerprint density at radius 1 is 1.27 bits per heavy atom. The van der Waals surface area contributed by atoms with Crippen LogP contribution in [0.4, 0.5) is 4.39 Å². The number of hydrogen-bond acceptors (Lipinski definition) is 7. The van der Waals surface area contributed by atoms with Gasteiger partial charge in [0.1, 0.15) is 0 Å². The van der Waals surface area contributed by atoms with Crippen LogP contribution in [-0.4, -0.2) is 39.4 Å². The van der Waals surface area contributed by atoms with E-state index in [0.29, 0.717) is 0 Å². The number of halogens is 1. The van der Waals surface area contributed by atoms with E-state index in [9.17, 15) is 18.9 Å². The number of fused-ring (bicyclic) bond motifs is 1. The second kappa shape index (κ2) is 7.10. The van der Waals surface area contributed by atoms with Crippen LogP contribution in [0.25, 0.3) is 0 Å². The van der Waals surface area contributed by atoms with Gasteiger partial charge in [-0.15, -0.1) is 0 Å². The van der Waals surface area contributed by atoms with Crippen molar-refractivity contribution < 1.29 is 27.6 Å². The molecule has 26 heavy (non-hydrogen) atoms. The van der Waals surface area contributed by atoms with Crippen molar-refractivity contribution in [2.24, 2.45) is 0 Å². The van der Waals surface area contributed by atoms with Crippen molar-refractivity contribution in [2.75, 3.05) is 6.61 Å². The van der Waals surface area contributed by atoms with Crippen LogP contribution in [0.15, 0.2) is 15.8 Å². The van der Waals surface area contributed by atoms with Crippen molar-refractivity contribution in [3.63, 3.8) is 0 Å². The van der Waals surface area contributed by atoms with Gasteiger partial charge in [-0.2, -0.15) is 0 Å². The molecule has 0 radical (unpaired) electrons. The molecule has 146 valence electrons. The third-order valence-corrected chi connectivity index (χ3v) is 6.78. The third-order valence-electron chi connectivity index (χ3n) is 5.01. The zero-order valence-electron chi connectivity index (χ0n) is 14.1. The Balaban J connectivity index is 1.45. The van der Waals surface area contributed by atoms with Crippen molar-refractivity contribution in [1.82, 2.24) is 9.55 Å². The molecular formula is C15H22FN2O7P. The van der Waals surface area contributed by atoms with E-state index in [2.05, 4.69) is 0 Å². The molecule has 2 N–H and O–H groups in total. The van der Waals surface area contributed by atoms with Gasteiger partial charge >= 0.3 is 148 Å². The molecule has 1 aromatic heterocycles. The summed E-state index contributed by atoms with van der Waals surface area (Å²) in [6.45, 7) is 0.0667. The van der Waals surface area contributed by atoms with Crippen molar-refractivity contribution in [2.45, 2.75) is 63.1 Å². The van der Waals surface area contributed by atoms with Gasteiger partial charge in [0.05, 0.1) is 0 Å². The van der Waals surface area contributed by atoms with Gasteiger partial charge in [0.15, 0.2) is 0 Å². The molecule has 9 nitrogen and oxygen atoms in total. The quantitative estimate of drug-likeness (QED) is 0.742. The fraction of sp³-hybridized carbons (Fsp3) is 0.733. The zero-order chi connectivity index (χ0) is 18.3. The van der Waals surface area contributed by atoms with E-state index >= 15 is 0 Å². The Morgan fingerprint density at radius 2 is 2.04 bits per heavy atom. The second-order valence-corrected chi connectivity index (χ2v) is 8.69. The maximum atomic E-state index is 13.5. The molecule has 11 heteroatoms. The Morgan fingerprint density at radius 3 is 2.81 bits per heavy atom. The molecule has 1 aromatic rings. The summed E-state index contributed by atoms with van der Waals surface area (Å²) in [6, 6.07) is 0. The first-order chi connectivity index (χ1) is 12.4. The normalized spacial score (nSPS) is 32.9. The predicted molar refractivity (Wildman–Crippen MR) is 89.1 cm³/mol. The molecule has 0 spiro atoms. The van der Waals surface area contributed by atoms with Crippen LogP contribution in [0.1, 0.15) is 44.8 Å². The second-order valence-electron chi connectivity index (χ2n) is 6.88. The molecule has 3 fully saturated rings. The van der Waals surface area contributed by atoms with E-state index in [1.165, 1.54) is 0 Å². The van der Waals surface area contributed by atoms with Crippen molar-refractivity contribution >= 4 is 8.17 Å². The van der Waals surface area contributed by atoms with Gasteiger partial charge in [-0.1, -0.05) is 0 Å². The van der Waals surface area contributed by atoms with Crippen LogP contribution >= 0.6 is 8.17 Å². The van der Waals surface area contributed by atoms with E-state index in [0.717, 1.165) is 42.9 Å². The number of nitrogens with zero attached hydrogens (tertiary/aromatic N) is 1. The Hall–Kier alpha value is -1.16. The molecule has 2 aliphatic heterocycles. The summed E-state index contributed by atoms with van der Waals surface area (Å²) >= 11 is 0. The van der Waals surface area contributed by atoms with E-state index < -0.39 is 43.7 Å². The summed E-state index contributed by atoms with van der Waals surface area (Å²) in [5, 5.41) is 0. The Kier molecular flexibility index (Phi) is 4.98. The van der Waals surface area contributed by atoms with Gasteiger partial charge in [-0.25, -0.2) is 0 Å². The molecule has 0 bridgehead atoms. The predicted octanol–water partition coefficient (Wildman–Crippen LogP) is 1.13. The summed E-state index contributed by atoms with van der Waals surface area (Å²) in [5.41, 5.74) is -1.85. The molecular weight excluding hydrogens is 370 g/mol. The van der Waals surface area contributed by atoms with Gasteiger partial charge in [-0.05, 0) is 0 Å². The van der Waals surface area contributed by atoms with Gasteiger partial charge in [0, 0.05) is 0 Å². The number of H-pyrrole nitrogens is 1. The van der Waals surface area contributed by atoms with Crippen LogP contribution in [0, 0.1) is 5.82 Å². The number of rotatable bonds is 3. The van der Waals surface area contributed by atoms with Crippen LogP contribution < -0.4 is 11.2 Å². The van der Waals surface area contributed by atoms with E-state index in [1.807, 2.05) is 4.98 Å². The number of ether oxygens (including phenoxy) is 1. The van der Waals surface area contributed by atoms with Gasteiger partial charge < -0.3 is 0 Å². The first kappa shape index (κ1) is 18.2. The van der Waals surface area contributed by atoms with Gasteiger partial charge in [-0.3, -0.25) is 0 Å². The molecule has 0 aromatic carbocycles.